The molecule has 0 aromatic heterocycles. The number of nitrogens with one attached hydrogen (secondary N) is 1. The second kappa shape index (κ2) is 7.21. The van der Waals surface area contributed by atoms with Crippen LogP contribution in [-0.4, -0.2) is 37.1 Å². The second-order valence-electron chi connectivity index (χ2n) is 3.45. The van der Waals surface area contributed by atoms with Crippen LogP contribution in [0.2, 0.25) is 0 Å². The van der Waals surface area contributed by atoms with Crippen molar-refractivity contribution in [1.29, 1.82) is 0 Å². The summed E-state index contributed by atoms with van der Waals surface area (Å²) in [6, 6.07) is 0. The largest absolute Gasteiger partial charge is 0.460 e. The molecule has 0 saturated carbocycles. The molecular formula is C11H15NO5. The predicted octanol–water partition coefficient (Wildman–Crippen LogP) is -0.0505. The number of ether oxygens (including phenoxy) is 2. The van der Waals surface area contributed by atoms with Gasteiger partial charge in [-0.1, -0.05) is 13.2 Å². The molecule has 0 saturated heterocycles. The monoisotopic (exact) mass is 241 g/mol. The predicted molar refractivity (Wildman–Crippen MR) is 59.9 cm³/mol. The van der Waals surface area contributed by atoms with E-state index in [0.29, 0.717) is 6.41 Å². The Kier molecular flexibility index (Phi) is 6.32. The average Bonchev–Trinajstić information content (AvgIpc) is 2.33. The first-order chi connectivity index (χ1) is 7.97. The molecule has 0 bridgehead atoms. The zero-order valence-electron chi connectivity index (χ0n) is 9.60. The third kappa shape index (κ3) is 6.14. The number of carbonyl (C=O) groups is 3. The summed E-state index contributed by atoms with van der Waals surface area (Å²) < 4.78 is 9.56. The first kappa shape index (κ1) is 14.9. The molecule has 6 heteroatoms. The van der Waals surface area contributed by atoms with Crippen LogP contribution in [0.3, 0.4) is 0 Å². The van der Waals surface area contributed by atoms with Crippen LogP contribution in [0.1, 0.15) is 6.92 Å². The Morgan fingerprint density at radius 2 is 1.59 bits per heavy atom. The van der Waals surface area contributed by atoms with Crippen molar-refractivity contribution >= 4 is 18.3 Å². The molecule has 0 aliphatic heterocycles. The van der Waals surface area contributed by atoms with Gasteiger partial charge in [-0.25, -0.2) is 9.59 Å². The zero-order valence-corrected chi connectivity index (χ0v) is 9.60. The molecule has 0 spiro atoms. The highest BCUT2D eigenvalue weighted by molar-refractivity contribution is 5.81. The first-order valence-corrected chi connectivity index (χ1v) is 4.77. The fourth-order valence-electron chi connectivity index (χ4n) is 0.846. The summed E-state index contributed by atoms with van der Waals surface area (Å²) in [4.78, 5) is 32.2. The lowest BCUT2D eigenvalue weighted by molar-refractivity contribution is -0.145. The quantitative estimate of drug-likeness (QED) is 0.366. The minimum atomic E-state index is -0.987. The molecule has 0 fully saturated rings. The van der Waals surface area contributed by atoms with Crippen molar-refractivity contribution in [3.63, 3.8) is 0 Å². The van der Waals surface area contributed by atoms with Gasteiger partial charge < -0.3 is 14.8 Å². The van der Waals surface area contributed by atoms with Gasteiger partial charge in [0.1, 0.15) is 18.8 Å². The summed E-state index contributed by atoms with van der Waals surface area (Å²) in [5.74, 6) is -1.25. The van der Waals surface area contributed by atoms with Gasteiger partial charge in [0.2, 0.25) is 6.41 Å². The fraction of sp³-hybridized carbons (Fsp3) is 0.364. The maximum absolute atomic E-state index is 10.9. The van der Waals surface area contributed by atoms with E-state index < -0.39 is 17.5 Å². The summed E-state index contributed by atoms with van der Waals surface area (Å²) in [5.41, 5.74) is -0.987. The molecule has 0 aromatic rings. The van der Waals surface area contributed by atoms with Crippen LogP contribution in [0.4, 0.5) is 0 Å². The lowest BCUT2D eigenvalue weighted by atomic mass is 10.1. The number of esters is 2. The standard InChI is InChI=1S/C11H15NO5/c1-4-9(14)16-6-11(3,12-8-13)7-17-10(15)5-2/h4-5,8H,1-2,6-7H2,3H3,(H,12,13). The van der Waals surface area contributed by atoms with Crippen LogP contribution in [0.25, 0.3) is 0 Å². The molecule has 0 aliphatic rings. The molecule has 0 unspecified atom stereocenters. The topological polar surface area (TPSA) is 81.7 Å². The molecule has 0 heterocycles. The molecule has 0 aromatic carbocycles. The number of amides is 1. The van der Waals surface area contributed by atoms with Crippen LogP contribution in [0.5, 0.6) is 0 Å². The van der Waals surface area contributed by atoms with Gasteiger partial charge in [0.25, 0.3) is 0 Å². The Morgan fingerprint density at radius 1 is 1.18 bits per heavy atom. The molecule has 0 aliphatic carbocycles. The molecule has 0 atom stereocenters. The van der Waals surface area contributed by atoms with Crippen LogP contribution in [0.15, 0.2) is 25.3 Å². The van der Waals surface area contributed by atoms with Gasteiger partial charge in [0, 0.05) is 12.2 Å². The van der Waals surface area contributed by atoms with E-state index in [1.165, 1.54) is 0 Å². The van der Waals surface area contributed by atoms with Gasteiger partial charge in [-0.05, 0) is 6.92 Å². The smallest absolute Gasteiger partial charge is 0.330 e. The number of hydrogen-bond donors (Lipinski definition) is 1. The van der Waals surface area contributed by atoms with Gasteiger partial charge in [-0.15, -0.1) is 0 Å². The zero-order chi connectivity index (χ0) is 13.3. The van der Waals surface area contributed by atoms with Gasteiger partial charge in [0.15, 0.2) is 0 Å². The lowest BCUT2D eigenvalue weighted by Crippen LogP contribution is -2.50. The maximum Gasteiger partial charge on any atom is 0.330 e. The van der Waals surface area contributed by atoms with Gasteiger partial charge >= 0.3 is 11.9 Å². The highest BCUT2D eigenvalue weighted by atomic mass is 16.5. The van der Waals surface area contributed by atoms with Gasteiger partial charge in [-0.3, -0.25) is 4.79 Å². The SMILES string of the molecule is C=CC(=O)OCC(C)(COC(=O)C=C)NC=O. The molecular weight excluding hydrogens is 226 g/mol. The molecule has 0 radical (unpaired) electrons. The van der Waals surface area contributed by atoms with Gasteiger partial charge in [0.05, 0.1) is 0 Å². The summed E-state index contributed by atoms with van der Waals surface area (Å²) >= 11 is 0. The summed E-state index contributed by atoms with van der Waals surface area (Å²) in [6.45, 7) is 7.75. The van der Waals surface area contributed by atoms with E-state index in [4.69, 9.17) is 9.47 Å². The van der Waals surface area contributed by atoms with Crippen molar-refractivity contribution in [2.75, 3.05) is 13.2 Å². The Hall–Kier alpha value is -2.11. The highest BCUT2D eigenvalue weighted by Crippen LogP contribution is 2.05. The number of rotatable bonds is 8. The minimum absolute atomic E-state index is 0.138. The molecule has 17 heavy (non-hydrogen) atoms. The number of carbonyl (C=O) groups excluding carboxylic acids is 3. The van der Waals surface area contributed by atoms with E-state index in [9.17, 15) is 14.4 Å². The van der Waals surface area contributed by atoms with E-state index in [1.54, 1.807) is 6.92 Å². The van der Waals surface area contributed by atoms with Crippen molar-refractivity contribution in [2.45, 2.75) is 12.5 Å². The molecule has 6 nitrogen and oxygen atoms in total. The fourth-order valence-corrected chi connectivity index (χ4v) is 0.846. The van der Waals surface area contributed by atoms with Crippen LogP contribution in [-0.2, 0) is 23.9 Å². The van der Waals surface area contributed by atoms with Crippen LogP contribution < -0.4 is 5.32 Å². The average molecular weight is 241 g/mol. The van der Waals surface area contributed by atoms with Crippen LogP contribution >= 0.6 is 0 Å². The van der Waals surface area contributed by atoms with Crippen molar-refractivity contribution in [3.8, 4) is 0 Å². The van der Waals surface area contributed by atoms with E-state index in [0.717, 1.165) is 12.2 Å². The highest BCUT2D eigenvalue weighted by Gasteiger charge is 2.27. The van der Waals surface area contributed by atoms with E-state index in [-0.39, 0.29) is 13.2 Å². The van der Waals surface area contributed by atoms with Crippen LogP contribution in [0, 0.1) is 0 Å². The normalized spacial score (nSPS) is 9.94. The van der Waals surface area contributed by atoms with Crippen molar-refractivity contribution < 1.29 is 23.9 Å². The molecule has 1 N–H and O–H groups in total. The Bertz CT molecular complexity index is 300. The minimum Gasteiger partial charge on any atom is -0.460 e. The third-order valence-corrected chi connectivity index (χ3v) is 1.81. The van der Waals surface area contributed by atoms with E-state index >= 15 is 0 Å². The van der Waals surface area contributed by atoms with Gasteiger partial charge in [-0.2, -0.15) is 0 Å². The van der Waals surface area contributed by atoms with Crippen molar-refractivity contribution in [2.24, 2.45) is 0 Å². The summed E-state index contributed by atoms with van der Waals surface area (Å²) in [6.07, 6.45) is 2.43. The van der Waals surface area contributed by atoms with E-state index in [1.807, 2.05) is 0 Å². The third-order valence-electron chi connectivity index (χ3n) is 1.81. The Morgan fingerprint density at radius 3 is 1.88 bits per heavy atom. The first-order valence-electron chi connectivity index (χ1n) is 4.77. The van der Waals surface area contributed by atoms with E-state index in [2.05, 4.69) is 18.5 Å². The summed E-state index contributed by atoms with van der Waals surface area (Å²) in [7, 11) is 0. The Balaban J connectivity index is 4.38. The molecule has 94 valence electrons. The van der Waals surface area contributed by atoms with Crippen molar-refractivity contribution in [1.82, 2.24) is 5.32 Å². The Labute approximate surface area is 99.3 Å². The van der Waals surface area contributed by atoms with Crippen molar-refractivity contribution in [3.05, 3.63) is 25.3 Å². The maximum atomic E-state index is 10.9. The second-order valence-corrected chi connectivity index (χ2v) is 3.45. The summed E-state index contributed by atoms with van der Waals surface area (Å²) in [5, 5.41) is 2.41. The lowest BCUT2D eigenvalue weighted by Gasteiger charge is -2.27. The number of hydrogen-bond acceptors (Lipinski definition) is 5. The molecule has 1 amide bonds. The molecule has 0 rings (SSSR count).